The molecule has 1 N–H and O–H groups in total. The maximum Gasteiger partial charge on any atom is 0.253 e. The Balaban J connectivity index is 2.05. The zero-order chi connectivity index (χ0) is 16.3. The normalized spacial score (nSPS) is 18.9. The third kappa shape index (κ3) is 4.33. The molecule has 1 aliphatic heterocycles. The summed E-state index contributed by atoms with van der Waals surface area (Å²) in [6.45, 7) is 9.67. The SMILES string of the molecule is CC1CCCN(C(=O)c2ccc(C(=O)NC(C)(C)C)cc2)C1. The standard InChI is InChI=1S/C18H26N2O2/c1-13-6-5-11-20(12-13)17(22)15-9-7-14(8-10-15)16(21)19-18(2,3)4/h7-10,13H,5-6,11-12H2,1-4H3,(H,19,21). The van der Waals surface area contributed by atoms with E-state index in [1.807, 2.05) is 25.7 Å². The van der Waals surface area contributed by atoms with Gasteiger partial charge in [-0.15, -0.1) is 0 Å². The van der Waals surface area contributed by atoms with E-state index in [9.17, 15) is 9.59 Å². The maximum atomic E-state index is 12.5. The molecule has 0 radical (unpaired) electrons. The lowest BCUT2D eigenvalue weighted by atomic mass is 9.99. The second kappa shape index (κ2) is 6.51. The van der Waals surface area contributed by atoms with Gasteiger partial charge in [-0.1, -0.05) is 6.92 Å². The fourth-order valence-corrected chi connectivity index (χ4v) is 2.73. The molecule has 1 unspecified atom stereocenters. The minimum atomic E-state index is -0.268. The van der Waals surface area contributed by atoms with E-state index in [-0.39, 0.29) is 17.4 Å². The molecule has 0 bridgehead atoms. The number of hydrogen-bond donors (Lipinski definition) is 1. The van der Waals surface area contributed by atoms with Crippen LogP contribution in [0.3, 0.4) is 0 Å². The van der Waals surface area contributed by atoms with E-state index in [1.54, 1.807) is 24.3 Å². The Bertz CT molecular complexity index is 543. The molecule has 1 heterocycles. The van der Waals surface area contributed by atoms with Gasteiger partial charge in [0.25, 0.3) is 11.8 Å². The molecule has 1 atom stereocenters. The molecule has 4 heteroatoms. The molecule has 0 aliphatic carbocycles. The maximum absolute atomic E-state index is 12.5. The van der Waals surface area contributed by atoms with Crippen LogP contribution >= 0.6 is 0 Å². The number of nitrogens with one attached hydrogen (secondary N) is 1. The van der Waals surface area contributed by atoms with Gasteiger partial charge in [-0.2, -0.15) is 0 Å². The molecule has 1 aromatic rings. The van der Waals surface area contributed by atoms with E-state index in [0.29, 0.717) is 17.0 Å². The lowest BCUT2D eigenvalue weighted by molar-refractivity contribution is 0.0682. The van der Waals surface area contributed by atoms with Crippen LogP contribution in [-0.2, 0) is 0 Å². The summed E-state index contributed by atoms with van der Waals surface area (Å²) in [5.41, 5.74) is 0.968. The molecule has 22 heavy (non-hydrogen) atoms. The van der Waals surface area contributed by atoms with E-state index in [2.05, 4.69) is 12.2 Å². The molecule has 2 amide bonds. The highest BCUT2D eigenvalue weighted by Gasteiger charge is 2.22. The van der Waals surface area contributed by atoms with Crippen LogP contribution in [0.15, 0.2) is 24.3 Å². The summed E-state index contributed by atoms with van der Waals surface area (Å²) in [4.78, 5) is 26.5. The summed E-state index contributed by atoms with van der Waals surface area (Å²) in [6.07, 6.45) is 2.26. The molecule has 120 valence electrons. The minimum absolute atomic E-state index is 0.0642. The van der Waals surface area contributed by atoms with Crippen molar-refractivity contribution < 1.29 is 9.59 Å². The third-order valence-electron chi connectivity index (χ3n) is 3.83. The predicted octanol–water partition coefficient (Wildman–Crippen LogP) is 3.09. The van der Waals surface area contributed by atoms with Crippen molar-refractivity contribution in [3.8, 4) is 0 Å². The summed E-state index contributed by atoms with van der Waals surface area (Å²) >= 11 is 0. The monoisotopic (exact) mass is 302 g/mol. The highest BCUT2D eigenvalue weighted by molar-refractivity contribution is 5.98. The summed E-state index contributed by atoms with van der Waals surface area (Å²) in [5, 5.41) is 2.92. The zero-order valence-electron chi connectivity index (χ0n) is 14.0. The number of carbonyl (C=O) groups excluding carboxylic acids is 2. The van der Waals surface area contributed by atoms with Crippen molar-refractivity contribution in [2.75, 3.05) is 13.1 Å². The van der Waals surface area contributed by atoms with Gasteiger partial charge in [-0.25, -0.2) is 0 Å². The predicted molar refractivity (Wildman–Crippen MR) is 88.0 cm³/mol. The van der Waals surface area contributed by atoms with E-state index in [1.165, 1.54) is 6.42 Å². The van der Waals surface area contributed by atoms with Gasteiger partial charge < -0.3 is 10.2 Å². The fraction of sp³-hybridized carbons (Fsp3) is 0.556. The Hall–Kier alpha value is -1.84. The van der Waals surface area contributed by atoms with Crippen molar-refractivity contribution in [1.82, 2.24) is 10.2 Å². The van der Waals surface area contributed by atoms with E-state index in [0.717, 1.165) is 19.5 Å². The van der Waals surface area contributed by atoms with Crippen molar-refractivity contribution >= 4 is 11.8 Å². The van der Waals surface area contributed by atoms with Crippen LogP contribution < -0.4 is 5.32 Å². The number of piperidine rings is 1. The molecular weight excluding hydrogens is 276 g/mol. The Morgan fingerprint density at radius 3 is 2.27 bits per heavy atom. The van der Waals surface area contributed by atoms with Gasteiger partial charge in [-0.3, -0.25) is 9.59 Å². The molecule has 0 saturated carbocycles. The van der Waals surface area contributed by atoms with Crippen molar-refractivity contribution in [1.29, 1.82) is 0 Å². The first-order valence-electron chi connectivity index (χ1n) is 7.98. The van der Waals surface area contributed by atoms with Crippen LogP contribution in [0, 0.1) is 5.92 Å². The van der Waals surface area contributed by atoms with Gasteiger partial charge in [0, 0.05) is 29.8 Å². The Morgan fingerprint density at radius 1 is 1.14 bits per heavy atom. The molecular formula is C18H26N2O2. The highest BCUT2D eigenvalue weighted by Crippen LogP contribution is 2.18. The van der Waals surface area contributed by atoms with Crippen molar-refractivity contribution in [3.63, 3.8) is 0 Å². The van der Waals surface area contributed by atoms with Crippen LogP contribution in [-0.4, -0.2) is 35.3 Å². The number of carbonyl (C=O) groups is 2. The lowest BCUT2D eigenvalue weighted by Crippen LogP contribution is -2.40. The number of benzene rings is 1. The Labute approximate surface area is 132 Å². The van der Waals surface area contributed by atoms with Gasteiger partial charge in [0.1, 0.15) is 0 Å². The van der Waals surface area contributed by atoms with Gasteiger partial charge in [0.05, 0.1) is 0 Å². The van der Waals surface area contributed by atoms with E-state index >= 15 is 0 Å². The van der Waals surface area contributed by atoms with Crippen molar-refractivity contribution in [3.05, 3.63) is 35.4 Å². The quantitative estimate of drug-likeness (QED) is 0.912. The average molecular weight is 302 g/mol. The summed E-state index contributed by atoms with van der Waals surface area (Å²) in [7, 11) is 0. The Morgan fingerprint density at radius 2 is 1.73 bits per heavy atom. The van der Waals surface area contributed by atoms with E-state index < -0.39 is 0 Å². The average Bonchev–Trinajstić information content (AvgIpc) is 2.45. The van der Waals surface area contributed by atoms with E-state index in [4.69, 9.17) is 0 Å². The number of rotatable bonds is 2. The van der Waals surface area contributed by atoms with Crippen LogP contribution in [0.5, 0.6) is 0 Å². The number of nitrogens with zero attached hydrogens (tertiary/aromatic N) is 1. The molecule has 2 rings (SSSR count). The zero-order valence-corrected chi connectivity index (χ0v) is 14.0. The number of amides is 2. The molecule has 4 nitrogen and oxygen atoms in total. The molecule has 0 spiro atoms. The molecule has 1 aromatic carbocycles. The molecule has 1 saturated heterocycles. The summed E-state index contributed by atoms with van der Waals surface area (Å²) in [5.74, 6) is 0.516. The van der Waals surface area contributed by atoms with Crippen LogP contribution in [0.1, 0.15) is 61.3 Å². The first-order valence-corrected chi connectivity index (χ1v) is 7.98. The second-order valence-corrected chi connectivity index (χ2v) is 7.28. The van der Waals surface area contributed by atoms with Crippen molar-refractivity contribution in [2.45, 2.75) is 46.1 Å². The lowest BCUT2D eigenvalue weighted by Gasteiger charge is -2.31. The highest BCUT2D eigenvalue weighted by atomic mass is 16.2. The van der Waals surface area contributed by atoms with Crippen LogP contribution in [0.4, 0.5) is 0 Å². The van der Waals surface area contributed by atoms with Gasteiger partial charge in [-0.05, 0) is 63.8 Å². The van der Waals surface area contributed by atoms with Gasteiger partial charge in [0.15, 0.2) is 0 Å². The minimum Gasteiger partial charge on any atom is -0.347 e. The fourth-order valence-electron chi connectivity index (χ4n) is 2.73. The molecule has 0 aromatic heterocycles. The number of hydrogen-bond acceptors (Lipinski definition) is 2. The molecule has 1 aliphatic rings. The first kappa shape index (κ1) is 16.5. The summed E-state index contributed by atoms with van der Waals surface area (Å²) < 4.78 is 0. The van der Waals surface area contributed by atoms with Gasteiger partial charge >= 0.3 is 0 Å². The van der Waals surface area contributed by atoms with Crippen molar-refractivity contribution in [2.24, 2.45) is 5.92 Å². The molecule has 1 fully saturated rings. The topological polar surface area (TPSA) is 49.4 Å². The first-order chi connectivity index (χ1) is 10.3. The number of likely N-dealkylation sites (tertiary alicyclic amines) is 1. The smallest absolute Gasteiger partial charge is 0.253 e. The Kier molecular flexibility index (Phi) is 4.89. The van der Waals surface area contributed by atoms with Gasteiger partial charge in [0.2, 0.25) is 0 Å². The van der Waals surface area contributed by atoms with Crippen LogP contribution in [0.25, 0.3) is 0 Å². The summed E-state index contributed by atoms with van der Waals surface area (Å²) in [6, 6.07) is 6.95. The van der Waals surface area contributed by atoms with Crippen LogP contribution in [0.2, 0.25) is 0 Å². The third-order valence-corrected chi connectivity index (χ3v) is 3.83. The largest absolute Gasteiger partial charge is 0.347 e. The second-order valence-electron chi connectivity index (χ2n) is 7.28.